The van der Waals surface area contributed by atoms with Crippen LogP contribution in [0.1, 0.15) is 31.0 Å². The molecule has 4 nitrogen and oxygen atoms in total. The summed E-state index contributed by atoms with van der Waals surface area (Å²) in [7, 11) is 0. The topological polar surface area (TPSA) is 61.6 Å². The summed E-state index contributed by atoms with van der Waals surface area (Å²) in [5, 5.41) is 11.8. The number of unbranched alkanes of at least 4 members (excludes halogenated alkanes) is 1. The van der Waals surface area contributed by atoms with E-state index in [1.54, 1.807) is 6.20 Å². The first kappa shape index (κ1) is 13.0. The number of rotatable bonds is 5. The molecule has 0 aliphatic heterocycles. The lowest BCUT2D eigenvalue weighted by atomic mass is 10.1. The second-order valence-corrected chi connectivity index (χ2v) is 4.32. The Labute approximate surface area is 113 Å². The highest BCUT2D eigenvalue weighted by Gasteiger charge is 1.98. The summed E-state index contributed by atoms with van der Waals surface area (Å²) < 4.78 is 0. The molecule has 0 atom stereocenters. The van der Waals surface area contributed by atoms with Crippen LogP contribution in [0.4, 0.5) is 11.5 Å². The molecule has 0 unspecified atom stereocenters. The molecule has 0 aliphatic carbocycles. The van der Waals surface area contributed by atoms with Crippen molar-refractivity contribution in [2.75, 3.05) is 5.32 Å². The zero-order valence-electron chi connectivity index (χ0n) is 10.9. The Morgan fingerprint density at radius 3 is 2.53 bits per heavy atom. The number of benzene rings is 1. The summed E-state index contributed by atoms with van der Waals surface area (Å²) in [6, 6.07) is 10.2. The van der Waals surface area contributed by atoms with E-state index in [-0.39, 0.29) is 0 Å². The summed E-state index contributed by atoms with van der Waals surface area (Å²) in [4.78, 5) is 8.09. The van der Waals surface area contributed by atoms with Crippen molar-refractivity contribution in [3.05, 3.63) is 47.9 Å². The first-order valence-electron chi connectivity index (χ1n) is 6.40. The van der Waals surface area contributed by atoms with Crippen LogP contribution in [0.3, 0.4) is 0 Å². The summed E-state index contributed by atoms with van der Waals surface area (Å²) in [5.41, 5.74) is 2.64. The Morgan fingerprint density at radius 1 is 1.16 bits per heavy atom. The highest BCUT2D eigenvalue weighted by molar-refractivity contribution is 5.55. The Morgan fingerprint density at radius 2 is 1.95 bits per heavy atom. The Bertz CT molecular complexity index is 552. The van der Waals surface area contributed by atoms with E-state index in [0.717, 1.165) is 12.1 Å². The van der Waals surface area contributed by atoms with Gasteiger partial charge in [0.15, 0.2) is 5.69 Å². The summed E-state index contributed by atoms with van der Waals surface area (Å²) in [6.07, 6.45) is 6.56. The van der Waals surface area contributed by atoms with E-state index in [2.05, 4.69) is 34.3 Å². The fraction of sp³-hybridized carbons (Fsp3) is 0.267. The van der Waals surface area contributed by atoms with Crippen LogP contribution in [0, 0.1) is 11.3 Å². The number of hydrogen-bond acceptors (Lipinski definition) is 4. The Hall–Kier alpha value is -2.41. The average Bonchev–Trinajstić information content (AvgIpc) is 2.47. The lowest BCUT2D eigenvalue weighted by Gasteiger charge is -2.06. The molecular formula is C15H16N4. The minimum atomic E-state index is 0.320. The average molecular weight is 252 g/mol. The minimum absolute atomic E-state index is 0.320. The molecular weight excluding hydrogens is 236 g/mol. The van der Waals surface area contributed by atoms with Gasteiger partial charge < -0.3 is 5.32 Å². The van der Waals surface area contributed by atoms with Gasteiger partial charge in [0.1, 0.15) is 11.9 Å². The van der Waals surface area contributed by atoms with Crippen LogP contribution >= 0.6 is 0 Å². The predicted octanol–water partition coefficient (Wildman–Crippen LogP) is 3.43. The number of aromatic nitrogens is 2. The second kappa shape index (κ2) is 6.50. The first-order valence-corrected chi connectivity index (χ1v) is 6.40. The maximum atomic E-state index is 8.65. The van der Waals surface area contributed by atoms with Crippen LogP contribution in [0.15, 0.2) is 36.7 Å². The van der Waals surface area contributed by atoms with Crippen molar-refractivity contribution < 1.29 is 0 Å². The van der Waals surface area contributed by atoms with Crippen molar-refractivity contribution in [3.8, 4) is 6.07 Å². The lowest BCUT2D eigenvalue weighted by Crippen LogP contribution is -1.95. The van der Waals surface area contributed by atoms with Crippen LogP contribution in [-0.4, -0.2) is 9.97 Å². The molecule has 0 fully saturated rings. The normalized spacial score (nSPS) is 9.89. The molecule has 0 amide bonds. The monoisotopic (exact) mass is 252 g/mol. The molecule has 0 spiro atoms. The standard InChI is InChI=1S/C15H16N4/c1-2-3-4-12-5-7-13(8-6-12)19-15-11-17-14(9-16)10-18-15/h5-8,10-11H,2-4H2,1H3,(H,18,19). The molecule has 0 saturated heterocycles. The second-order valence-electron chi connectivity index (χ2n) is 4.32. The smallest absolute Gasteiger partial charge is 0.158 e. The predicted molar refractivity (Wildman–Crippen MR) is 75.1 cm³/mol. The highest BCUT2D eigenvalue weighted by Crippen LogP contribution is 2.15. The molecule has 2 aromatic rings. The molecule has 0 saturated carbocycles. The summed E-state index contributed by atoms with van der Waals surface area (Å²) in [6.45, 7) is 2.19. The van der Waals surface area contributed by atoms with Gasteiger partial charge in [-0.05, 0) is 30.5 Å². The maximum Gasteiger partial charge on any atom is 0.158 e. The van der Waals surface area contributed by atoms with E-state index in [0.29, 0.717) is 11.5 Å². The van der Waals surface area contributed by atoms with Gasteiger partial charge in [0, 0.05) is 5.69 Å². The van der Waals surface area contributed by atoms with Crippen molar-refractivity contribution >= 4 is 11.5 Å². The van der Waals surface area contributed by atoms with Gasteiger partial charge in [0.05, 0.1) is 12.4 Å². The zero-order chi connectivity index (χ0) is 13.5. The van der Waals surface area contributed by atoms with Gasteiger partial charge in [-0.2, -0.15) is 5.26 Å². The van der Waals surface area contributed by atoms with E-state index < -0.39 is 0 Å². The highest BCUT2D eigenvalue weighted by atomic mass is 15.0. The molecule has 0 bridgehead atoms. The third-order valence-electron chi connectivity index (χ3n) is 2.81. The molecule has 1 aromatic carbocycles. The van der Waals surface area contributed by atoms with E-state index >= 15 is 0 Å². The Kier molecular flexibility index (Phi) is 4.46. The summed E-state index contributed by atoms with van der Waals surface area (Å²) in [5.74, 6) is 0.639. The fourth-order valence-electron chi connectivity index (χ4n) is 1.73. The number of anilines is 2. The lowest BCUT2D eigenvalue weighted by molar-refractivity contribution is 0.795. The number of nitriles is 1. The quantitative estimate of drug-likeness (QED) is 0.885. The van der Waals surface area contributed by atoms with Crippen LogP contribution in [0.5, 0.6) is 0 Å². The van der Waals surface area contributed by atoms with Crippen LogP contribution < -0.4 is 5.32 Å². The molecule has 4 heteroatoms. The number of nitrogens with one attached hydrogen (secondary N) is 1. The third-order valence-corrected chi connectivity index (χ3v) is 2.81. The van der Waals surface area contributed by atoms with Crippen molar-refractivity contribution in [2.24, 2.45) is 0 Å². The third kappa shape index (κ3) is 3.78. The zero-order valence-corrected chi connectivity index (χ0v) is 10.9. The molecule has 0 aliphatic rings. The largest absolute Gasteiger partial charge is 0.339 e. The van der Waals surface area contributed by atoms with Crippen LogP contribution in [0.2, 0.25) is 0 Å². The van der Waals surface area contributed by atoms with Gasteiger partial charge in [-0.1, -0.05) is 25.5 Å². The molecule has 1 heterocycles. The SMILES string of the molecule is CCCCc1ccc(Nc2cnc(C#N)cn2)cc1. The van der Waals surface area contributed by atoms with Crippen molar-refractivity contribution in [2.45, 2.75) is 26.2 Å². The molecule has 2 rings (SSSR count). The van der Waals surface area contributed by atoms with Gasteiger partial charge in [-0.25, -0.2) is 9.97 Å². The van der Waals surface area contributed by atoms with E-state index in [4.69, 9.17) is 5.26 Å². The molecule has 1 aromatic heterocycles. The van der Waals surface area contributed by atoms with Crippen LogP contribution in [0.25, 0.3) is 0 Å². The van der Waals surface area contributed by atoms with E-state index in [1.807, 2.05) is 18.2 Å². The fourth-order valence-corrected chi connectivity index (χ4v) is 1.73. The molecule has 1 N–H and O–H groups in total. The van der Waals surface area contributed by atoms with Crippen molar-refractivity contribution in [1.82, 2.24) is 9.97 Å². The van der Waals surface area contributed by atoms with E-state index in [1.165, 1.54) is 24.6 Å². The van der Waals surface area contributed by atoms with Gasteiger partial charge in [-0.3, -0.25) is 0 Å². The number of nitrogens with zero attached hydrogens (tertiary/aromatic N) is 3. The van der Waals surface area contributed by atoms with Gasteiger partial charge in [0.2, 0.25) is 0 Å². The molecule has 96 valence electrons. The van der Waals surface area contributed by atoms with Crippen LogP contribution in [-0.2, 0) is 6.42 Å². The number of hydrogen-bond donors (Lipinski definition) is 1. The molecule has 0 radical (unpaired) electrons. The minimum Gasteiger partial charge on any atom is -0.339 e. The summed E-state index contributed by atoms with van der Waals surface area (Å²) >= 11 is 0. The maximum absolute atomic E-state index is 8.65. The number of aryl methyl sites for hydroxylation is 1. The van der Waals surface area contributed by atoms with Gasteiger partial charge >= 0.3 is 0 Å². The van der Waals surface area contributed by atoms with Crippen molar-refractivity contribution in [1.29, 1.82) is 5.26 Å². The molecule has 19 heavy (non-hydrogen) atoms. The van der Waals surface area contributed by atoms with Gasteiger partial charge in [-0.15, -0.1) is 0 Å². The van der Waals surface area contributed by atoms with Crippen molar-refractivity contribution in [3.63, 3.8) is 0 Å². The van der Waals surface area contributed by atoms with Gasteiger partial charge in [0.25, 0.3) is 0 Å². The Balaban J connectivity index is 2.00. The first-order chi connectivity index (χ1) is 9.31. The van der Waals surface area contributed by atoms with E-state index in [9.17, 15) is 0 Å².